The van der Waals surface area contributed by atoms with Crippen molar-refractivity contribution in [2.24, 2.45) is 0 Å². The second-order valence-electron chi connectivity index (χ2n) is 6.77. The molecule has 0 radical (unpaired) electrons. The van der Waals surface area contributed by atoms with Crippen LogP contribution in [0.1, 0.15) is 37.0 Å². The summed E-state index contributed by atoms with van der Waals surface area (Å²) in [5, 5.41) is 2.99. The van der Waals surface area contributed by atoms with Gasteiger partial charge in [-0.05, 0) is 62.9 Å². The molecule has 26 heavy (non-hydrogen) atoms. The molecule has 0 bridgehead atoms. The summed E-state index contributed by atoms with van der Waals surface area (Å²) in [6, 6.07) is 13.8. The van der Waals surface area contributed by atoms with Crippen molar-refractivity contribution >= 4 is 5.91 Å². The van der Waals surface area contributed by atoms with Crippen molar-refractivity contribution in [2.75, 3.05) is 6.61 Å². The lowest BCUT2D eigenvalue weighted by Crippen LogP contribution is -2.44. The third-order valence-electron chi connectivity index (χ3n) is 4.25. The maximum atomic E-state index is 12.6. The monoisotopic (exact) mass is 355 g/mol. The molecule has 2 atom stereocenters. The van der Waals surface area contributed by atoms with Crippen LogP contribution in [-0.4, -0.2) is 24.7 Å². The van der Waals surface area contributed by atoms with Gasteiger partial charge in [0.1, 0.15) is 18.1 Å². The zero-order valence-corrected chi connectivity index (χ0v) is 16.3. The number of hydrogen-bond donors (Lipinski definition) is 1. The van der Waals surface area contributed by atoms with Crippen LogP contribution in [-0.2, 0) is 4.79 Å². The van der Waals surface area contributed by atoms with E-state index in [9.17, 15) is 4.79 Å². The third-order valence-corrected chi connectivity index (χ3v) is 4.25. The fourth-order valence-electron chi connectivity index (χ4n) is 2.62. The molecule has 2 aromatic rings. The number of para-hydroxylation sites is 1. The fourth-order valence-corrected chi connectivity index (χ4v) is 2.62. The van der Waals surface area contributed by atoms with Gasteiger partial charge in [0.15, 0.2) is 6.10 Å². The quantitative estimate of drug-likeness (QED) is 0.766. The van der Waals surface area contributed by atoms with Crippen LogP contribution in [0.3, 0.4) is 0 Å². The van der Waals surface area contributed by atoms with Crippen molar-refractivity contribution in [2.45, 2.75) is 53.2 Å². The van der Waals surface area contributed by atoms with E-state index in [0.717, 1.165) is 28.2 Å². The number of amides is 1. The summed E-state index contributed by atoms with van der Waals surface area (Å²) in [6.45, 7) is 10.3. The number of aryl methyl sites for hydroxylation is 3. The Kier molecular flexibility index (Phi) is 7.07. The second-order valence-corrected chi connectivity index (χ2v) is 6.77. The topological polar surface area (TPSA) is 47.6 Å². The smallest absolute Gasteiger partial charge is 0.261 e. The van der Waals surface area contributed by atoms with Crippen LogP contribution < -0.4 is 14.8 Å². The van der Waals surface area contributed by atoms with Gasteiger partial charge in [-0.3, -0.25) is 4.79 Å². The van der Waals surface area contributed by atoms with Gasteiger partial charge in [0, 0.05) is 0 Å². The average Bonchev–Trinajstić information content (AvgIpc) is 2.61. The first-order valence-electron chi connectivity index (χ1n) is 9.13. The van der Waals surface area contributed by atoms with Crippen LogP contribution in [0.2, 0.25) is 0 Å². The first kappa shape index (κ1) is 19.8. The van der Waals surface area contributed by atoms with Gasteiger partial charge in [-0.15, -0.1) is 0 Å². The molecule has 0 unspecified atom stereocenters. The normalized spacial score (nSPS) is 13.0. The predicted molar refractivity (Wildman–Crippen MR) is 105 cm³/mol. The van der Waals surface area contributed by atoms with E-state index in [1.165, 1.54) is 0 Å². The molecule has 2 aromatic carbocycles. The maximum absolute atomic E-state index is 12.6. The summed E-state index contributed by atoms with van der Waals surface area (Å²) in [5.41, 5.74) is 3.22. The molecule has 0 aliphatic heterocycles. The Bertz CT molecular complexity index is 742. The number of rotatable bonds is 8. The number of hydrogen-bond acceptors (Lipinski definition) is 3. The van der Waals surface area contributed by atoms with Gasteiger partial charge in [-0.25, -0.2) is 0 Å². The number of carbonyl (C=O) groups excluding carboxylic acids is 1. The largest absolute Gasteiger partial charge is 0.491 e. The SMILES string of the molecule is CC[C@H](Oc1cc(C)ccc1C)C(=O)N[C@H](C)COc1ccccc1C. The molecular weight excluding hydrogens is 326 g/mol. The molecule has 140 valence electrons. The van der Waals surface area contributed by atoms with Crippen LogP contribution in [0.4, 0.5) is 0 Å². The van der Waals surface area contributed by atoms with Gasteiger partial charge in [0.05, 0.1) is 6.04 Å². The highest BCUT2D eigenvalue weighted by atomic mass is 16.5. The molecule has 0 saturated carbocycles. The summed E-state index contributed by atoms with van der Waals surface area (Å²) >= 11 is 0. The van der Waals surface area contributed by atoms with E-state index >= 15 is 0 Å². The molecule has 1 N–H and O–H groups in total. The molecule has 0 aliphatic carbocycles. The highest BCUT2D eigenvalue weighted by Gasteiger charge is 2.21. The first-order chi connectivity index (χ1) is 12.4. The molecule has 2 rings (SSSR count). The molecule has 0 heterocycles. The zero-order valence-electron chi connectivity index (χ0n) is 16.3. The lowest BCUT2D eigenvalue weighted by Gasteiger charge is -2.22. The molecule has 1 amide bonds. The van der Waals surface area contributed by atoms with Gasteiger partial charge in [-0.2, -0.15) is 0 Å². The van der Waals surface area contributed by atoms with Gasteiger partial charge < -0.3 is 14.8 Å². The maximum Gasteiger partial charge on any atom is 0.261 e. The van der Waals surface area contributed by atoms with Crippen molar-refractivity contribution in [1.29, 1.82) is 0 Å². The Balaban J connectivity index is 1.91. The lowest BCUT2D eigenvalue weighted by atomic mass is 10.1. The van der Waals surface area contributed by atoms with E-state index in [0.29, 0.717) is 13.0 Å². The number of carbonyl (C=O) groups is 1. The summed E-state index contributed by atoms with van der Waals surface area (Å²) < 4.78 is 11.8. The van der Waals surface area contributed by atoms with Crippen molar-refractivity contribution in [1.82, 2.24) is 5.32 Å². The zero-order chi connectivity index (χ0) is 19.1. The van der Waals surface area contributed by atoms with E-state index in [1.54, 1.807) is 0 Å². The molecule has 0 fully saturated rings. The fraction of sp³-hybridized carbons (Fsp3) is 0.409. The molecule has 0 spiro atoms. The molecular formula is C22H29NO3. The Labute approximate surface area is 156 Å². The standard InChI is InChI=1S/C22H29NO3/c1-6-19(26-21-13-15(2)11-12-17(21)4)22(24)23-18(5)14-25-20-10-8-7-9-16(20)3/h7-13,18-19H,6,14H2,1-5H3,(H,23,24)/t18-,19+/m1/s1. The van der Waals surface area contributed by atoms with Gasteiger partial charge in [0.25, 0.3) is 5.91 Å². The first-order valence-corrected chi connectivity index (χ1v) is 9.13. The molecule has 4 nitrogen and oxygen atoms in total. The molecule has 4 heteroatoms. The third kappa shape index (κ3) is 5.51. The van der Waals surface area contributed by atoms with Crippen molar-refractivity contribution in [3.8, 4) is 11.5 Å². The van der Waals surface area contributed by atoms with Crippen LogP contribution >= 0.6 is 0 Å². The van der Waals surface area contributed by atoms with Crippen molar-refractivity contribution in [3.63, 3.8) is 0 Å². The number of ether oxygens (including phenoxy) is 2. The number of benzene rings is 2. The minimum Gasteiger partial charge on any atom is -0.491 e. The van der Waals surface area contributed by atoms with Gasteiger partial charge in [0.2, 0.25) is 0 Å². The summed E-state index contributed by atoms with van der Waals surface area (Å²) in [4.78, 5) is 12.6. The summed E-state index contributed by atoms with van der Waals surface area (Å²) in [6.07, 6.45) is 0.0846. The molecule has 0 saturated heterocycles. The number of nitrogens with one attached hydrogen (secondary N) is 1. The Morgan fingerprint density at radius 1 is 1.04 bits per heavy atom. The van der Waals surface area contributed by atoms with E-state index in [4.69, 9.17) is 9.47 Å². The minimum atomic E-state index is -0.517. The molecule has 0 aromatic heterocycles. The average molecular weight is 355 g/mol. The van der Waals surface area contributed by atoms with Crippen molar-refractivity contribution < 1.29 is 14.3 Å². The lowest BCUT2D eigenvalue weighted by molar-refractivity contribution is -0.129. The summed E-state index contributed by atoms with van der Waals surface area (Å²) in [7, 11) is 0. The van der Waals surface area contributed by atoms with Gasteiger partial charge >= 0.3 is 0 Å². The van der Waals surface area contributed by atoms with E-state index in [-0.39, 0.29) is 11.9 Å². The Hall–Kier alpha value is -2.49. The second kappa shape index (κ2) is 9.27. The van der Waals surface area contributed by atoms with E-state index in [1.807, 2.05) is 77.1 Å². The summed E-state index contributed by atoms with van der Waals surface area (Å²) in [5.74, 6) is 1.48. The highest BCUT2D eigenvalue weighted by Crippen LogP contribution is 2.21. The van der Waals surface area contributed by atoms with Crippen LogP contribution in [0.25, 0.3) is 0 Å². The van der Waals surface area contributed by atoms with E-state index < -0.39 is 6.10 Å². The Morgan fingerprint density at radius 2 is 1.73 bits per heavy atom. The molecule has 0 aliphatic rings. The van der Waals surface area contributed by atoms with E-state index in [2.05, 4.69) is 5.32 Å². The van der Waals surface area contributed by atoms with Crippen LogP contribution in [0.15, 0.2) is 42.5 Å². The van der Waals surface area contributed by atoms with Crippen molar-refractivity contribution in [3.05, 3.63) is 59.2 Å². The Morgan fingerprint density at radius 3 is 2.42 bits per heavy atom. The van der Waals surface area contributed by atoms with Crippen LogP contribution in [0, 0.1) is 20.8 Å². The highest BCUT2D eigenvalue weighted by molar-refractivity contribution is 5.81. The van der Waals surface area contributed by atoms with Crippen LogP contribution in [0.5, 0.6) is 11.5 Å². The minimum absolute atomic E-state index is 0.113. The van der Waals surface area contributed by atoms with Gasteiger partial charge in [-0.1, -0.05) is 37.3 Å². The predicted octanol–water partition coefficient (Wildman–Crippen LogP) is 4.35.